The Morgan fingerprint density at radius 1 is 1.14 bits per heavy atom. The lowest BCUT2D eigenvalue weighted by Gasteiger charge is -2.15. The third-order valence-corrected chi connectivity index (χ3v) is 2.86. The van der Waals surface area contributed by atoms with E-state index < -0.39 is 6.10 Å². The first-order valence-electron chi connectivity index (χ1n) is 7.35. The topological polar surface area (TPSA) is 56.8 Å². The highest BCUT2D eigenvalue weighted by atomic mass is 16.5. The van der Waals surface area contributed by atoms with E-state index in [1.807, 2.05) is 19.9 Å². The van der Waals surface area contributed by atoms with Crippen LogP contribution >= 0.6 is 0 Å². The minimum Gasteiger partial charge on any atom is -0.490 e. The maximum atomic E-state index is 11.8. The monoisotopic (exact) mass is 295 g/mol. The Morgan fingerprint density at radius 2 is 1.76 bits per heavy atom. The fraction of sp³-hybridized carbons (Fsp3) is 0.562. The van der Waals surface area contributed by atoms with E-state index in [0.29, 0.717) is 30.4 Å². The van der Waals surface area contributed by atoms with E-state index in [1.165, 1.54) is 7.11 Å². The quantitative estimate of drug-likeness (QED) is 0.760. The molecule has 1 N–H and O–H groups in total. The van der Waals surface area contributed by atoms with Crippen molar-refractivity contribution < 1.29 is 19.0 Å². The number of carbonyl (C=O) groups excluding carboxylic acids is 1. The molecule has 21 heavy (non-hydrogen) atoms. The van der Waals surface area contributed by atoms with E-state index in [1.54, 1.807) is 19.1 Å². The Bertz CT molecular complexity index is 448. The first-order chi connectivity index (χ1) is 10.1. The van der Waals surface area contributed by atoms with E-state index in [9.17, 15) is 4.79 Å². The minimum atomic E-state index is -0.499. The fourth-order valence-corrected chi connectivity index (χ4v) is 1.59. The highest BCUT2D eigenvalue weighted by Crippen LogP contribution is 2.31. The summed E-state index contributed by atoms with van der Waals surface area (Å²) in [6.45, 7) is 7.03. The molecule has 1 aromatic rings. The molecule has 1 unspecified atom stereocenters. The maximum absolute atomic E-state index is 11.8. The summed E-state index contributed by atoms with van der Waals surface area (Å²) in [5.74, 6) is 1.15. The highest BCUT2D eigenvalue weighted by Gasteiger charge is 2.13. The number of ether oxygens (including phenoxy) is 3. The van der Waals surface area contributed by atoms with Crippen molar-refractivity contribution in [1.29, 1.82) is 0 Å². The molecular formula is C16H25NO4. The van der Waals surface area contributed by atoms with E-state index >= 15 is 0 Å². The zero-order valence-electron chi connectivity index (χ0n) is 13.3. The van der Waals surface area contributed by atoms with Crippen molar-refractivity contribution in [1.82, 2.24) is 0 Å². The van der Waals surface area contributed by atoms with Gasteiger partial charge in [-0.15, -0.1) is 0 Å². The summed E-state index contributed by atoms with van der Waals surface area (Å²) in [4.78, 5) is 11.8. The summed E-state index contributed by atoms with van der Waals surface area (Å²) in [7, 11) is 1.50. The van der Waals surface area contributed by atoms with Gasteiger partial charge in [-0.25, -0.2) is 0 Å². The molecule has 0 saturated heterocycles. The van der Waals surface area contributed by atoms with Gasteiger partial charge in [-0.1, -0.05) is 13.8 Å². The highest BCUT2D eigenvalue weighted by molar-refractivity contribution is 5.94. The summed E-state index contributed by atoms with van der Waals surface area (Å²) >= 11 is 0. The summed E-state index contributed by atoms with van der Waals surface area (Å²) in [5, 5.41) is 2.79. The van der Waals surface area contributed by atoms with Gasteiger partial charge in [0.05, 0.1) is 13.2 Å². The molecule has 1 aromatic carbocycles. The van der Waals surface area contributed by atoms with Crippen molar-refractivity contribution in [2.24, 2.45) is 0 Å². The molecule has 1 amide bonds. The molecule has 0 heterocycles. The van der Waals surface area contributed by atoms with Crippen LogP contribution in [0.5, 0.6) is 11.5 Å². The van der Waals surface area contributed by atoms with Gasteiger partial charge < -0.3 is 19.5 Å². The molecule has 0 aromatic heterocycles. The van der Waals surface area contributed by atoms with Crippen LogP contribution in [0.4, 0.5) is 5.69 Å². The molecular weight excluding hydrogens is 270 g/mol. The molecule has 0 aliphatic rings. The average Bonchev–Trinajstić information content (AvgIpc) is 2.50. The number of amides is 1. The van der Waals surface area contributed by atoms with Crippen LogP contribution in [0, 0.1) is 0 Å². The number of hydrogen-bond acceptors (Lipinski definition) is 4. The fourth-order valence-electron chi connectivity index (χ4n) is 1.59. The SMILES string of the molecule is CCCOc1ccc(NC(=O)C(C)OC)cc1OCCC. The van der Waals surface area contributed by atoms with Crippen LogP contribution in [0.25, 0.3) is 0 Å². The summed E-state index contributed by atoms with van der Waals surface area (Å²) in [6.07, 6.45) is 1.34. The van der Waals surface area contributed by atoms with Gasteiger partial charge in [0.15, 0.2) is 11.5 Å². The standard InChI is InChI=1S/C16H25NO4/c1-5-9-20-14-8-7-13(11-15(14)21-10-6-2)17-16(18)12(3)19-4/h7-8,11-12H,5-6,9-10H2,1-4H3,(H,17,18). The van der Waals surface area contributed by atoms with Crippen molar-refractivity contribution in [3.05, 3.63) is 18.2 Å². The van der Waals surface area contributed by atoms with Crippen LogP contribution in [0.1, 0.15) is 33.6 Å². The van der Waals surface area contributed by atoms with Crippen LogP contribution in [0.3, 0.4) is 0 Å². The summed E-state index contributed by atoms with van der Waals surface area (Å²) in [5.41, 5.74) is 0.666. The molecule has 1 atom stereocenters. The van der Waals surface area contributed by atoms with Gasteiger partial charge in [0.1, 0.15) is 6.10 Å². The van der Waals surface area contributed by atoms with Crippen molar-refractivity contribution in [3.63, 3.8) is 0 Å². The number of carbonyl (C=O) groups is 1. The number of benzene rings is 1. The lowest BCUT2D eigenvalue weighted by atomic mass is 10.2. The van der Waals surface area contributed by atoms with Crippen molar-refractivity contribution in [2.75, 3.05) is 25.6 Å². The van der Waals surface area contributed by atoms with Gasteiger partial charge in [0.25, 0.3) is 5.91 Å². The smallest absolute Gasteiger partial charge is 0.253 e. The van der Waals surface area contributed by atoms with Crippen LogP contribution in [0.15, 0.2) is 18.2 Å². The average molecular weight is 295 g/mol. The van der Waals surface area contributed by atoms with E-state index in [0.717, 1.165) is 12.8 Å². The van der Waals surface area contributed by atoms with Gasteiger partial charge in [-0.2, -0.15) is 0 Å². The van der Waals surface area contributed by atoms with Crippen LogP contribution in [0.2, 0.25) is 0 Å². The lowest BCUT2D eigenvalue weighted by molar-refractivity contribution is -0.124. The molecule has 0 spiro atoms. The minimum absolute atomic E-state index is 0.193. The molecule has 0 aliphatic carbocycles. The van der Waals surface area contributed by atoms with Crippen LogP contribution in [-0.4, -0.2) is 32.3 Å². The second kappa shape index (κ2) is 9.23. The Morgan fingerprint density at radius 3 is 2.33 bits per heavy atom. The Balaban J connectivity index is 2.84. The molecule has 0 fully saturated rings. The number of methoxy groups -OCH3 is 1. The molecule has 0 saturated carbocycles. The van der Waals surface area contributed by atoms with Gasteiger partial charge in [0.2, 0.25) is 0 Å². The van der Waals surface area contributed by atoms with Crippen LogP contribution < -0.4 is 14.8 Å². The Labute approximate surface area is 126 Å². The normalized spacial score (nSPS) is 11.8. The van der Waals surface area contributed by atoms with Crippen LogP contribution in [-0.2, 0) is 9.53 Å². The van der Waals surface area contributed by atoms with Crippen molar-refractivity contribution in [2.45, 2.75) is 39.7 Å². The van der Waals surface area contributed by atoms with E-state index in [4.69, 9.17) is 14.2 Å². The molecule has 5 heteroatoms. The number of nitrogens with one attached hydrogen (secondary N) is 1. The summed E-state index contributed by atoms with van der Waals surface area (Å²) in [6, 6.07) is 5.39. The number of hydrogen-bond donors (Lipinski definition) is 1. The molecule has 118 valence electrons. The third kappa shape index (κ3) is 5.63. The van der Waals surface area contributed by atoms with E-state index in [2.05, 4.69) is 5.32 Å². The van der Waals surface area contributed by atoms with Gasteiger partial charge in [0, 0.05) is 18.9 Å². The van der Waals surface area contributed by atoms with Crippen molar-refractivity contribution in [3.8, 4) is 11.5 Å². The predicted molar refractivity (Wildman–Crippen MR) is 83.1 cm³/mol. The predicted octanol–water partition coefficient (Wildman–Crippen LogP) is 3.24. The largest absolute Gasteiger partial charge is 0.490 e. The second-order valence-corrected chi connectivity index (χ2v) is 4.73. The molecule has 1 rings (SSSR count). The van der Waals surface area contributed by atoms with Gasteiger partial charge in [-0.05, 0) is 31.9 Å². The van der Waals surface area contributed by atoms with E-state index in [-0.39, 0.29) is 5.91 Å². The molecule has 0 radical (unpaired) electrons. The summed E-state index contributed by atoms with van der Waals surface area (Å²) < 4.78 is 16.3. The van der Waals surface area contributed by atoms with Crippen molar-refractivity contribution >= 4 is 11.6 Å². The Hall–Kier alpha value is -1.75. The molecule has 0 aliphatic heterocycles. The van der Waals surface area contributed by atoms with Gasteiger partial charge >= 0.3 is 0 Å². The second-order valence-electron chi connectivity index (χ2n) is 4.73. The molecule has 0 bridgehead atoms. The number of rotatable bonds is 9. The molecule has 5 nitrogen and oxygen atoms in total. The zero-order chi connectivity index (χ0) is 15.7. The first-order valence-corrected chi connectivity index (χ1v) is 7.35. The number of anilines is 1. The third-order valence-electron chi connectivity index (χ3n) is 2.86. The zero-order valence-corrected chi connectivity index (χ0v) is 13.3. The Kier molecular flexibility index (Phi) is 7.61. The lowest BCUT2D eigenvalue weighted by Crippen LogP contribution is -2.26. The first kappa shape index (κ1) is 17.3. The maximum Gasteiger partial charge on any atom is 0.253 e. The van der Waals surface area contributed by atoms with Gasteiger partial charge in [-0.3, -0.25) is 4.79 Å².